The summed E-state index contributed by atoms with van der Waals surface area (Å²) >= 11 is 3.46. The minimum atomic E-state index is -3.37. The van der Waals surface area contributed by atoms with Crippen molar-refractivity contribution in [1.29, 1.82) is 0 Å². The van der Waals surface area contributed by atoms with E-state index in [-0.39, 0.29) is 0 Å². The van der Waals surface area contributed by atoms with Crippen molar-refractivity contribution < 1.29 is 8.42 Å². The topological polar surface area (TPSA) is 58.2 Å². The predicted molar refractivity (Wildman–Crippen MR) is 91.6 cm³/mol. The minimum absolute atomic E-state index is 0.446. The van der Waals surface area contributed by atoms with Gasteiger partial charge in [0, 0.05) is 18.0 Å². The van der Waals surface area contributed by atoms with Crippen LogP contribution in [0.1, 0.15) is 31.1 Å². The highest BCUT2D eigenvalue weighted by Gasteiger charge is 2.22. The van der Waals surface area contributed by atoms with E-state index >= 15 is 0 Å². The molecule has 1 aromatic rings. The highest BCUT2D eigenvalue weighted by Crippen LogP contribution is 2.24. The first-order valence-electron chi connectivity index (χ1n) is 7.48. The van der Waals surface area contributed by atoms with Crippen LogP contribution in [0.5, 0.6) is 0 Å². The second-order valence-corrected chi connectivity index (χ2v) is 9.25. The lowest BCUT2D eigenvalue weighted by Crippen LogP contribution is -2.31. The van der Waals surface area contributed by atoms with Gasteiger partial charge in [-0.1, -0.05) is 6.92 Å². The van der Waals surface area contributed by atoms with Crippen molar-refractivity contribution in [2.45, 2.75) is 37.6 Å². The van der Waals surface area contributed by atoms with Crippen molar-refractivity contribution in [3.05, 3.63) is 16.3 Å². The Morgan fingerprint density at radius 1 is 1.33 bits per heavy atom. The van der Waals surface area contributed by atoms with Gasteiger partial charge in [0.1, 0.15) is 0 Å². The fourth-order valence-electron chi connectivity index (χ4n) is 2.33. The number of rotatable bonds is 8. The standard InChI is InChI=1S/C14H24N2O2S3/c1-2-6-15-11-13-14(5-9-20-13)21(17,18)16-10-12-3-7-19-8-4-12/h5,9,12,15-16H,2-4,6-8,10-11H2,1H3. The highest BCUT2D eigenvalue weighted by molar-refractivity contribution is 7.99. The Morgan fingerprint density at radius 3 is 2.81 bits per heavy atom. The molecule has 2 heterocycles. The first kappa shape index (κ1) is 17.3. The summed E-state index contributed by atoms with van der Waals surface area (Å²) in [5.41, 5.74) is 0. The Kier molecular flexibility index (Phi) is 7.01. The van der Waals surface area contributed by atoms with Crippen LogP contribution in [0, 0.1) is 5.92 Å². The van der Waals surface area contributed by atoms with Crippen LogP contribution in [0.4, 0.5) is 0 Å². The van der Waals surface area contributed by atoms with Crippen molar-refractivity contribution >= 4 is 33.1 Å². The number of hydrogen-bond acceptors (Lipinski definition) is 5. The van der Waals surface area contributed by atoms with E-state index in [4.69, 9.17) is 0 Å². The van der Waals surface area contributed by atoms with Gasteiger partial charge in [0.25, 0.3) is 0 Å². The molecule has 0 aromatic carbocycles. The van der Waals surface area contributed by atoms with Gasteiger partial charge in [0.2, 0.25) is 10.0 Å². The van der Waals surface area contributed by atoms with Gasteiger partial charge in [0.15, 0.2) is 0 Å². The molecule has 1 aromatic heterocycles. The van der Waals surface area contributed by atoms with Crippen LogP contribution in [0.2, 0.25) is 0 Å². The van der Waals surface area contributed by atoms with Crippen molar-refractivity contribution in [3.8, 4) is 0 Å². The molecule has 0 bridgehead atoms. The van der Waals surface area contributed by atoms with E-state index < -0.39 is 10.0 Å². The Morgan fingerprint density at radius 2 is 2.10 bits per heavy atom. The quantitative estimate of drug-likeness (QED) is 0.709. The predicted octanol–water partition coefficient (Wildman–Crippen LogP) is 2.67. The Balaban J connectivity index is 1.93. The molecule has 1 fully saturated rings. The number of hydrogen-bond donors (Lipinski definition) is 2. The summed E-state index contributed by atoms with van der Waals surface area (Å²) in [5, 5.41) is 5.13. The smallest absolute Gasteiger partial charge is 0.241 e. The maximum atomic E-state index is 12.5. The molecule has 0 atom stereocenters. The molecule has 0 radical (unpaired) electrons. The van der Waals surface area contributed by atoms with Crippen LogP contribution in [-0.2, 0) is 16.6 Å². The second-order valence-electron chi connectivity index (χ2n) is 5.29. The third kappa shape index (κ3) is 5.25. The Bertz CT molecular complexity index is 522. The van der Waals surface area contributed by atoms with Gasteiger partial charge in [-0.15, -0.1) is 11.3 Å². The monoisotopic (exact) mass is 348 g/mol. The van der Waals surface area contributed by atoms with E-state index in [1.165, 1.54) is 11.3 Å². The minimum Gasteiger partial charge on any atom is -0.312 e. The molecule has 0 unspecified atom stereocenters. The van der Waals surface area contributed by atoms with E-state index in [0.29, 0.717) is 23.9 Å². The molecule has 2 N–H and O–H groups in total. The molecule has 1 aliphatic rings. The van der Waals surface area contributed by atoms with Crippen LogP contribution >= 0.6 is 23.1 Å². The molecule has 4 nitrogen and oxygen atoms in total. The maximum absolute atomic E-state index is 12.5. The fourth-order valence-corrected chi connectivity index (χ4v) is 6.06. The highest BCUT2D eigenvalue weighted by atomic mass is 32.2. The van der Waals surface area contributed by atoms with E-state index in [9.17, 15) is 8.42 Å². The Hall–Kier alpha value is -0.0800. The van der Waals surface area contributed by atoms with Crippen LogP contribution in [0.3, 0.4) is 0 Å². The Labute approximate surface area is 136 Å². The van der Waals surface area contributed by atoms with E-state index in [1.807, 2.05) is 17.1 Å². The van der Waals surface area contributed by atoms with Gasteiger partial charge < -0.3 is 5.32 Å². The molecule has 1 aliphatic heterocycles. The third-order valence-corrected chi connectivity index (χ3v) is 7.22. The van der Waals surface area contributed by atoms with Gasteiger partial charge in [0.05, 0.1) is 4.90 Å². The number of sulfonamides is 1. The molecule has 2 rings (SSSR count). The van der Waals surface area contributed by atoms with Gasteiger partial charge in [-0.05, 0) is 54.7 Å². The summed E-state index contributed by atoms with van der Waals surface area (Å²) in [7, 11) is -3.37. The molecule has 0 aliphatic carbocycles. The number of nitrogens with one attached hydrogen (secondary N) is 2. The summed E-state index contributed by atoms with van der Waals surface area (Å²) in [6.07, 6.45) is 3.27. The molecule has 21 heavy (non-hydrogen) atoms. The number of thiophene rings is 1. The van der Waals surface area contributed by atoms with Crippen molar-refractivity contribution in [2.75, 3.05) is 24.6 Å². The number of thioether (sulfide) groups is 1. The lowest BCUT2D eigenvalue weighted by Gasteiger charge is -2.21. The molecule has 120 valence electrons. The van der Waals surface area contributed by atoms with Crippen LogP contribution < -0.4 is 10.0 Å². The zero-order valence-corrected chi connectivity index (χ0v) is 14.9. The molecule has 7 heteroatoms. The first-order valence-corrected chi connectivity index (χ1v) is 11.0. The van der Waals surface area contributed by atoms with Gasteiger partial charge in [-0.25, -0.2) is 13.1 Å². The van der Waals surface area contributed by atoms with E-state index in [0.717, 1.165) is 42.2 Å². The molecule has 0 amide bonds. The second kappa shape index (κ2) is 8.53. The molecule has 0 spiro atoms. The SMILES string of the molecule is CCCNCc1sccc1S(=O)(=O)NCC1CCSCC1. The summed E-state index contributed by atoms with van der Waals surface area (Å²) in [6.45, 7) is 4.20. The van der Waals surface area contributed by atoms with Crippen LogP contribution in [0.15, 0.2) is 16.3 Å². The van der Waals surface area contributed by atoms with Crippen molar-refractivity contribution in [2.24, 2.45) is 5.92 Å². The van der Waals surface area contributed by atoms with E-state index in [2.05, 4.69) is 17.0 Å². The average Bonchev–Trinajstić information content (AvgIpc) is 2.96. The van der Waals surface area contributed by atoms with Crippen LogP contribution in [0.25, 0.3) is 0 Å². The van der Waals surface area contributed by atoms with E-state index in [1.54, 1.807) is 6.07 Å². The van der Waals surface area contributed by atoms with Gasteiger partial charge in [-0.3, -0.25) is 0 Å². The lowest BCUT2D eigenvalue weighted by atomic mass is 10.0. The molecular weight excluding hydrogens is 324 g/mol. The normalized spacial score (nSPS) is 17.2. The lowest BCUT2D eigenvalue weighted by molar-refractivity contribution is 0.476. The fraction of sp³-hybridized carbons (Fsp3) is 0.714. The zero-order valence-electron chi connectivity index (χ0n) is 12.4. The van der Waals surface area contributed by atoms with Crippen LogP contribution in [-0.4, -0.2) is 33.0 Å². The molecular formula is C14H24N2O2S3. The van der Waals surface area contributed by atoms with Gasteiger partial charge in [-0.2, -0.15) is 11.8 Å². The first-order chi connectivity index (χ1) is 10.1. The van der Waals surface area contributed by atoms with Crippen molar-refractivity contribution in [1.82, 2.24) is 10.0 Å². The summed E-state index contributed by atoms with van der Waals surface area (Å²) < 4.78 is 27.7. The van der Waals surface area contributed by atoms with Gasteiger partial charge >= 0.3 is 0 Å². The average molecular weight is 349 g/mol. The summed E-state index contributed by atoms with van der Waals surface area (Å²) in [5.74, 6) is 2.79. The van der Waals surface area contributed by atoms with Crippen molar-refractivity contribution in [3.63, 3.8) is 0 Å². The zero-order chi connectivity index (χ0) is 15.1. The maximum Gasteiger partial charge on any atom is 0.241 e. The molecule has 0 saturated carbocycles. The molecule has 1 saturated heterocycles. The third-order valence-electron chi connectivity index (χ3n) is 3.61. The summed E-state index contributed by atoms with van der Waals surface area (Å²) in [6, 6.07) is 1.71. The summed E-state index contributed by atoms with van der Waals surface area (Å²) in [4.78, 5) is 1.34. The largest absolute Gasteiger partial charge is 0.312 e.